The first-order valence-electron chi connectivity index (χ1n) is 6.47. The molecule has 20 heavy (non-hydrogen) atoms. The van der Waals surface area contributed by atoms with Crippen LogP contribution in [0.2, 0.25) is 8.67 Å². The first kappa shape index (κ1) is 16.3. The van der Waals surface area contributed by atoms with Crippen LogP contribution in [0.3, 0.4) is 0 Å². The molecule has 1 nitrogen and oxygen atoms in total. The zero-order valence-electron chi connectivity index (χ0n) is 11.3. The van der Waals surface area contributed by atoms with Gasteiger partial charge in [-0.3, -0.25) is 0 Å². The molecule has 0 saturated heterocycles. The van der Waals surface area contributed by atoms with Gasteiger partial charge in [0.1, 0.15) is 0 Å². The van der Waals surface area contributed by atoms with Crippen LogP contribution in [0.1, 0.15) is 36.1 Å². The van der Waals surface area contributed by atoms with Gasteiger partial charge in [0.2, 0.25) is 0 Å². The maximum Gasteiger partial charge on any atom is 0.0995 e. The minimum atomic E-state index is 0.0729. The quantitative estimate of drug-likeness (QED) is 0.637. The molecule has 0 aliphatic heterocycles. The van der Waals surface area contributed by atoms with E-state index in [2.05, 4.69) is 53.3 Å². The first-order valence-corrected chi connectivity index (χ1v) is 8.83. The number of benzene rings is 1. The summed E-state index contributed by atoms with van der Waals surface area (Å²) in [6.45, 7) is 5.20. The highest BCUT2D eigenvalue weighted by Crippen LogP contribution is 2.38. The predicted molar refractivity (Wildman–Crippen MR) is 93.4 cm³/mol. The second kappa shape index (κ2) is 7.28. The summed E-state index contributed by atoms with van der Waals surface area (Å²) >= 11 is 17.4. The molecule has 2 rings (SSSR count). The molecule has 1 aromatic heterocycles. The number of halogens is 3. The molecule has 2 aromatic rings. The van der Waals surface area contributed by atoms with Crippen LogP contribution in [0.15, 0.2) is 28.7 Å². The van der Waals surface area contributed by atoms with Gasteiger partial charge >= 0.3 is 0 Å². The van der Waals surface area contributed by atoms with E-state index in [1.54, 1.807) is 0 Å². The van der Waals surface area contributed by atoms with E-state index in [0.29, 0.717) is 0 Å². The smallest absolute Gasteiger partial charge is 0.0995 e. The normalized spacial score (nSPS) is 12.7. The molecule has 0 amide bonds. The third-order valence-corrected chi connectivity index (χ3v) is 5.16. The summed E-state index contributed by atoms with van der Waals surface area (Å²) < 4.78 is 2.54. The SMILES string of the molecule is CCCNC(c1cc(Br)ccc1C)c1cc(Cl)sc1Cl. The van der Waals surface area contributed by atoms with E-state index in [0.717, 1.165) is 31.7 Å². The lowest BCUT2D eigenvalue weighted by atomic mass is 9.97. The summed E-state index contributed by atoms with van der Waals surface area (Å²) in [5.74, 6) is 0. The van der Waals surface area contributed by atoms with Crippen LogP contribution >= 0.6 is 50.5 Å². The zero-order valence-corrected chi connectivity index (χ0v) is 15.3. The second-order valence-corrected chi connectivity index (χ2v) is 7.87. The van der Waals surface area contributed by atoms with Crippen molar-refractivity contribution in [2.75, 3.05) is 6.54 Å². The van der Waals surface area contributed by atoms with Crippen molar-refractivity contribution < 1.29 is 0 Å². The summed E-state index contributed by atoms with van der Waals surface area (Å²) in [7, 11) is 0. The average molecular weight is 393 g/mol. The third kappa shape index (κ3) is 3.77. The van der Waals surface area contributed by atoms with Crippen molar-refractivity contribution in [1.82, 2.24) is 5.32 Å². The van der Waals surface area contributed by atoms with Crippen molar-refractivity contribution in [1.29, 1.82) is 0 Å². The number of rotatable bonds is 5. The maximum atomic E-state index is 6.34. The minimum Gasteiger partial charge on any atom is -0.306 e. The van der Waals surface area contributed by atoms with E-state index in [9.17, 15) is 0 Å². The van der Waals surface area contributed by atoms with Gasteiger partial charge in [-0.25, -0.2) is 0 Å². The highest BCUT2D eigenvalue weighted by molar-refractivity contribution is 9.10. The predicted octanol–water partition coefficient (Wildman–Crippen LogP) is 6.21. The Balaban J connectivity index is 2.46. The Morgan fingerprint density at radius 3 is 2.60 bits per heavy atom. The molecule has 1 aromatic carbocycles. The van der Waals surface area contributed by atoms with Crippen LogP contribution in [0.5, 0.6) is 0 Å². The van der Waals surface area contributed by atoms with E-state index < -0.39 is 0 Å². The molecule has 1 atom stereocenters. The molecule has 0 fully saturated rings. The van der Waals surface area contributed by atoms with E-state index in [4.69, 9.17) is 23.2 Å². The second-order valence-electron chi connectivity index (χ2n) is 4.67. The maximum absolute atomic E-state index is 6.34. The first-order chi connectivity index (χ1) is 9.52. The van der Waals surface area contributed by atoms with Gasteiger partial charge in [-0.15, -0.1) is 11.3 Å². The molecule has 0 bridgehead atoms. The van der Waals surface area contributed by atoms with Crippen LogP contribution in [0.25, 0.3) is 0 Å². The van der Waals surface area contributed by atoms with Crippen LogP contribution in [-0.4, -0.2) is 6.54 Å². The van der Waals surface area contributed by atoms with Crippen molar-refractivity contribution in [3.05, 3.63) is 54.1 Å². The molecule has 1 unspecified atom stereocenters. The number of hydrogen-bond donors (Lipinski definition) is 1. The Labute approximate surface area is 142 Å². The van der Waals surface area contributed by atoms with Crippen LogP contribution in [-0.2, 0) is 0 Å². The summed E-state index contributed by atoms with van der Waals surface area (Å²) in [4.78, 5) is 0. The Morgan fingerprint density at radius 1 is 1.25 bits per heavy atom. The lowest BCUT2D eigenvalue weighted by Gasteiger charge is -2.21. The molecule has 0 aliphatic rings. The van der Waals surface area contributed by atoms with Gasteiger partial charge in [-0.1, -0.05) is 52.1 Å². The van der Waals surface area contributed by atoms with Gasteiger partial charge in [0, 0.05) is 10.0 Å². The fourth-order valence-electron chi connectivity index (χ4n) is 2.15. The van der Waals surface area contributed by atoms with E-state index in [1.807, 2.05) is 6.07 Å². The van der Waals surface area contributed by atoms with Gasteiger partial charge < -0.3 is 5.32 Å². The molecule has 0 spiro atoms. The van der Waals surface area contributed by atoms with Crippen molar-refractivity contribution >= 4 is 50.5 Å². The van der Waals surface area contributed by atoms with Crippen molar-refractivity contribution in [3.63, 3.8) is 0 Å². The van der Waals surface area contributed by atoms with Crippen molar-refractivity contribution in [2.24, 2.45) is 0 Å². The summed E-state index contributed by atoms with van der Waals surface area (Å²) in [5, 5.41) is 3.57. The van der Waals surface area contributed by atoms with Crippen LogP contribution in [0, 0.1) is 6.92 Å². The molecule has 1 N–H and O–H groups in total. The minimum absolute atomic E-state index is 0.0729. The molecular weight excluding hydrogens is 377 g/mol. The van der Waals surface area contributed by atoms with Crippen molar-refractivity contribution in [3.8, 4) is 0 Å². The van der Waals surface area contributed by atoms with Crippen LogP contribution < -0.4 is 5.32 Å². The molecule has 5 heteroatoms. The number of nitrogens with one attached hydrogen (secondary N) is 1. The van der Waals surface area contributed by atoms with Gasteiger partial charge in [-0.05, 0) is 49.2 Å². The molecule has 0 radical (unpaired) electrons. The molecule has 0 aliphatic carbocycles. The Bertz CT molecular complexity index is 598. The molecule has 108 valence electrons. The third-order valence-electron chi connectivity index (χ3n) is 3.14. The van der Waals surface area contributed by atoms with E-state index in [1.165, 1.54) is 22.5 Å². The lowest BCUT2D eigenvalue weighted by Crippen LogP contribution is -2.23. The zero-order chi connectivity index (χ0) is 14.7. The monoisotopic (exact) mass is 391 g/mol. The fourth-order valence-corrected chi connectivity index (χ4v) is 4.06. The standard InChI is InChI=1S/C15H16BrCl2NS/c1-3-6-19-14(12-8-13(17)20-15(12)18)11-7-10(16)5-4-9(11)2/h4-5,7-8,14,19H,3,6H2,1-2H3. The highest BCUT2D eigenvalue weighted by atomic mass is 79.9. The largest absolute Gasteiger partial charge is 0.306 e. The van der Waals surface area contributed by atoms with E-state index in [-0.39, 0.29) is 6.04 Å². The van der Waals surface area contributed by atoms with Crippen LogP contribution in [0.4, 0.5) is 0 Å². The van der Waals surface area contributed by atoms with E-state index >= 15 is 0 Å². The lowest BCUT2D eigenvalue weighted by molar-refractivity contribution is 0.597. The highest BCUT2D eigenvalue weighted by Gasteiger charge is 2.20. The topological polar surface area (TPSA) is 12.0 Å². The Kier molecular flexibility index (Phi) is 5.94. The van der Waals surface area contributed by atoms with Crippen molar-refractivity contribution in [2.45, 2.75) is 26.3 Å². The Morgan fingerprint density at radius 2 is 2.00 bits per heavy atom. The van der Waals surface area contributed by atoms with Gasteiger partial charge in [0.25, 0.3) is 0 Å². The molecule has 1 heterocycles. The number of hydrogen-bond acceptors (Lipinski definition) is 2. The fraction of sp³-hybridized carbons (Fsp3) is 0.333. The van der Waals surface area contributed by atoms with Gasteiger partial charge in [0.15, 0.2) is 0 Å². The summed E-state index contributed by atoms with van der Waals surface area (Å²) in [6.07, 6.45) is 1.07. The van der Waals surface area contributed by atoms with Gasteiger partial charge in [0.05, 0.1) is 14.7 Å². The number of aryl methyl sites for hydroxylation is 1. The van der Waals surface area contributed by atoms with Gasteiger partial charge in [-0.2, -0.15) is 0 Å². The molecule has 0 saturated carbocycles. The summed E-state index contributed by atoms with van der Waals surface area (Å²) in [6, 6.07) is 8.34. The number of thiophene rings is 1. The average Bonchev–Trinajstić information content (AvgIpc) is 2.73. The Hall–Kier alpha value is -0.0600. The molecular formula is C15H16BrCl2NS. The summed E-state index contributed by atoms with van der Waals surface area (Å²) in [5.41, 5.74) is 3.51.